The highest BCUT2D eigenvalue weighted by Crippen LogP contribution is 2.29. The molecule has 35 heavy (non-hydrogen) atoms. The van der Waals surface area contributed by atoms with Crippen LogP contribution in [0, 0.1) is 13.8 Å². The topological polar surface area (TPSA) is 120 Å². The summed E-state index contributed by atoms with van der Waals surface area (Å²) < 4.78 is 40.3. The lowest BCUT2D eigenvalue weighted by Gasteiger charge is -2.26. The summed E-state index contributed by atoms with van der Waals surface area (Å²) in [5.74, 6) is 0.119. The van der Waals surface area contributed by atoms with Gasteiger partial charge in [-0.25, -0.2) is 13.4 Å². The number of hydrogen-bond donors (Lipinski definition) is 1. The Kier molecular flexibility index (Phi) is 5.91. The molecular formula is C24H25N5O5S. The van der Waals surface area contributed by atoms with Crippen molar-refractivity contribution in [3.8, 4) is 11.5 Å². The number of fused-ring (bicyclic) bond motifs is 1. The Morgan fingerprint density at radius 3 is 2.60 bits per heavy atom. The number of nitrogens with zero attached hydrogens (tertiary/aromatic N) is 4. The number of rotatable bonds is 5. The van der Waals surface area contributed by atoms with Crippen molar-refractivity contribution in [3.05, 3.63) is 59.5 Å². The Bertz CT molecular complexity index is 1520. The van der Waals surface area contributed by atoms with E-state index in [1.807, 2.05) is 6.92 Å². The molecule has 0 radical (unpaired) electrons. The first kappa shape index (κ1) is 23.2. The predicted octanol–water partition coefficient (Wildman–Crippen LogP) is 3.12. The summed E-state index contributed by atoms with van der Waals surface area (Å²) in [7, 11) is -1.96. The van der Waals surface area contributed by atoms with Gasteiger partial charge in [0.15, 0.2) is 11.4 Å². The minimum atomic E-state index is -3.72. The summed E-state index contributed by atoms with van der Waals surface area (Å²) in [6.45, 7) is 4.85. The van der Waals surface area contributed by atoms with E-state index >= 15 is 0 Å². The molecule has 0 saturated carbocycles. The molecule has 1 aliphatic heterocycles. The first-order valence-corrected chi connectivity index (χ1v) is 12.6. The Morgan fingerprint density at radius 2 is 1.89 bits per heavy atom. The molecule has 1 amide bonds. The zero-order valence-electron chi connectivity index (χ0n) is 19.6. The fourth-order valence-electron chi connectivity index (χ4n) is 4.25. The molecule has 1 N–H and O–H groups in total. The molecule has 3 aromatic heterocycles. The van der Waals surface area contributed by atoms with Crippen LogP contribution >= 0.6 is 0 Å². The lowest BCUT2D eigenvalue weighted by Crippen LogP contribution is -2.40. The number of hydrogen-bond acceptors (Lipinski definition) is 7. The minimum absolute atomic E-state index is 0.158. The van der Waals surface area contributed by atoms with Crippen LogP contribution in [0.4, 0.5) is 5.69 Å². The van der Waals surface area contributed by atoms with Gasteiger partial charge in [-0.15, -0.1) is 0 Å². The number of benzene rings is 1. The largest absolute Gasteiger partial charge is 0.463 e. The lowest BCUT2D eigenvalue weighted by molar-refractivity contribution is 0.0730. The molecule has 4 heterocycles. The molecule has 0 spiro atoms. The molecule has 1 aliphatic rings. The van der Waals surface area contributed by atoms with Gasteiger partial charge < -0.3 is 14.5 Å². The molecule has 182 valence electrons. The second-order valence-electron chi connectivity index (χ2n) is 8.39. The predicted molar refractivity (Wildman–Crippen MR) is 130 cm³/mol. The van der Waals surface area contributed by atoms with Crippen LogP contribution in [-0.2, 0) is 21.8 Å². The van der Waals surface area contributed by atoms with Crippen LogP contribution in [0.5, 0.6) is 0 Å². The molecule has 0 unspecified atom stereocenters. The number of furan rings is 1. The summed E-state index contributed by atoms with van der Waals surface area (Å²) in [6, 6.07) is 10.0. The smallest absolute Gasteiger partial charge is 0.256 e. The van der Waals surface area contributed by atoms with Crippen LogP contribution in [0.25, 0.3) is 22.5 Å². The van der Waals surface area contributed by atoms with Gasteiger partial charge in [-0.05, 0) is 49.7 Å². The van der Waals surface area contributed by atoms with E-state index in [2.05, 4.69) is 15.4 Å². The van der Waals surface area contributed by atoms with Crippen molar-refractivity contribution in [2.75, 3.05) is 31.6 Å². The molecule has 0 bridgehead atoms. The van der Waals surface area contributed by atoms with Gasteiger partial charge in [0.05, 0.1) is 41.0 Å². The van der Waals surface area contributed by atoms with Gasteiger partial charge in [0.1, 0.15) is 5.69 Å². The van der Waals surface area contributed by atoms with Crippen LogP contribution in [-0.4, -0.2) is 59.7 Å². The molecule has 5 rings (SSSR count). The number of pyridine rings is 1. The first-order valence-electron chi connectivity index (χ1n) is 11.1. The van der Waals surface area contributed by atoms with Crippen LogP contribution in [0.1, 0.15) is 21.6 Å². The fraction of sp³-hybridized carbons (Fsp3) is 0.292. The SMILES string of the molecule is Cc1ccc(NC(=O)c2cc(-c3ccco3)nc3c2c(C)nn3C)cc1S(=O)(=O)N1CCOCC1. The van der Waals surface area contributed by atoms with Gasteiger partial charge in [0.2, 0.25) is 10.0 Å². The third-order valence-corrected chi connectivity index (χ3v) is 8.06. The minimum Gasteiger partial charge on any atom is -0.463 e. The highest BCUT2D eigenvalue weighted by Gasteiger charge is 2.28. The average molecular weight is 496 g/mol. The van der Waals surface area contributed by atoms with Crippen molar-refractivity contribution >= 4 is 32.7 Å². The third-order valence-electron chi connectivity index (χ3n) is 6.02. The quantitative estimate of drug-likeness (QED) is 0.452. The molecule has 1 aromatic carbocycles. The highest BCUT2D eigenvalue weighted by atomic mass is 32.2. The van der Waals surface area contributed by atoms with Crippen LogP contribution < -0.4 is 5.32 Å². The maximum atomic E-state index is 13.5. The zero-order valence-corrected chi connectivity index (χ0v) is 20.4. The average Bonchev–Trinajstić information content (AvgIpc) is 3.49. The number of aromatic nitrogens is 3. The van der Waals surface area contributed by atoms with E-state index < -0.39 is 15.9 Å². The summed E-state index contributed by atoms with van der Waals surface area (Å²) in [4.78, 5) is 18.3. The molecule has 10 nitrogen and oxygen atoms in total. The number of carbonyl (C=O) groups excluding carboxylic acids is 1. The zero-order chi connectivity index (χ0) is 24.7. The molecule has 0 atom stereocenters. The summed E-state index contributed by atoms with van der Waals surface area (Å²) >= 11 is 0. The molecule has 1 saturated heterocycles. The van der Waals surface area contributed by atoms with E-state index in [9.17, 15) is 13.2 Å². The highest BCUT2D eigenvalue weighted by molar-refractivity contribution is 7.89. The summed E-state index contributed by atoms with van der Waals surface area (Å²) in [5, 5.41) is 7.90. The van der Waals surface area contributed by atoms with E-state index in [4.69, 9.17) is 9.15 Å². The Hall–Kier alpha value is -3.54. The number of aryl methyl sites for hydroxylation is 3. The van der Waals surface area contributed by atoms with Crippen molar-refractivity contribution in [1.29, 1.82) is 0 Å². The van der Waals surface area contributed by atoms with E-state index in [0.29, 0.717) is 71.3 Å². The lowest BCUT2D eigenvalue weighted by atomic mass is 10.1. The second kappa shape index (κ2) is 8.91. The van der Waals surface area contributed by atoms with Crippen molar-refractivity contribution in [3.63, 3.8) is 0 Å². The van der Waals surface area contributed by atoms with Crippen molar-refractivity contribution < 1.29 is 22.4 Å². The number of ether oxygens (including phenoxy) is 1. The van der Waals surface area contributed by atoms with Crippen LogP contribution in [0.15, 0.2) is 52.0 Å². The van der Waals surface area contributed by atoms with Crippen molar-refractivity contribution in [2.45, 2.75) is 18.7 Å². The molecular weight excluding hydrogens is 470 g/mol. The Balaban J connectivity index is 1.53. The number of sulfonamides is 1. The monoisotopic (exact) mass is 495 g/mol. The number of nitrogens with one attached hydrogen (secondary N) is 1. The maximum Gasteiger partial charge on any atom is 0.256 e. The van der Waals surface area contributed by atoms with E-state index in [0.717, 1.165) is 0 Å². The van der Waals surface area contributed by atoms with E-state index in [1.165, 1.54) is 16.6 Å². The normalized spacial score (nSPS) is 14.9. The maximum absolute atomic E-state index is 13.5. The van der Waals surface area contributed by atoms with Crippen LogP contribution in [0.2, 0.25) is 0 Å². The van der Waals surface area contributed by atoms with Crippen LogP contribution in [0.3, 0.4) is 0 Å². The molecule has 1 fully saturated rings. The van der Waals surface area contributed by atoms with E-state index in [-0.39, 0.29) is 4.90 Å². The van der Waals surface area contributed by atoms with Gasteiger partial charge in [0.25, 0.3) is 5.91 Å². The van der Waals surface area contributed by atoms with Crippen molar-refractivity contribution in [1.82, 2.24) is 19.1 Å². The molecule has 11 heteroatoms. The standard InChI is InChI=1S/C24H25N5O5S/c1-15-6-7-17(13-21(15)35(31,32)29-8-11-33-12-9-29)25-24(30)18-14-19(20-5-4-10-34-20)26-23-22(18)16(2)27-28(23)3/h4-7,10,13-14H,8-9,11-12H2,1-3H3,(H,25,30). The molecule has 0 aliphatic carbocycles. The number of anilines is 1. The fourth-order valence-corrected chi connectivity index (χ4v) is 5.91. The van der Waals surface area contributed by atoms with Gasteiger partial charge >= 0.3 is 0 Å². The Labute approximate surface area is 202 Å². The molecule has 4 aromatic rings. The second-order valence-corrected chi connectivity index (χ2v) is 10.3. The number of carbonyl (C=O) groups is 1. The number of morpholine rings is 1. The Morgan fingerprint density at radius 1 is 1.11 bits per heavy atom. The number of amides is 1. The van der Waals surface area contributed by atoms with Gasteiger partial charge in [-0.3, -0.25) is 9.48 Å². The van der Waals surface area contributed by atoms with Gasteiger partial charge in [-0.2, -0.15) is 9.40 Å². The van der Waals surface area contributed by atoms with Gasteiger partial charge in [-0.1, -0.05) is 6.07 Å². The van der Waals surface area contributed by atoms with Crippen molar-refractivity contribution in [2.24, 2.45) is 7.05 Å². The first-order chi connectivity index (χ1) is 16.8. The third kappa shape index (κ3) is 4.22. The summed E-state index contributed by atoms with van der Waals surface area (Å²) in [6.07, 6.45) is 1.54. The van der Waals surface area contributed by atoms with E-state index in [1.54, 1.807) is 49.0 Å². The summed E-state index contributed by atoms with van der Waals surface area (Å²) in [5.41, 5.74) is 3.04. The van der Waals surface area contributed by atoms with Gasteiger partial charge in [0, 0.05) is 25.8 Å².